The summed E-state index contributed by atoms with van der Waals surface area (Å²) in [7, 11) is 2.17. The molecule has 2 fully saturated rings. The van der Waals surface area contributed by atoms with Crippen molar-refractivity contribution in [2.45, 2.75) is 51.1 Å². The van der Waals surface area contributed by atoms with Crippen LogP contribution < -0.4 is 10.6 Å². The average molecular weight is 533 g/mol. The number of nitrogens with one attached hydrogen (secondary N) is 2. The van der Waals surface area contributed by atoms with Crippen LogP contribution in [0.1, 0.15) is 71.2 Å². The van der Waals surface area contributed by atoms with E-state index in [0.29, 0.717) is 41.9 Å². The van der Waals surface area contributed by atoms with E-state index in [0.717, 1.165) is 54.6 Å². The molecular weight excluding hydrogens is 500 g/mol. The largest absolute Gasteiger partial charge is 0.346 e. The summed E-state index contributed by atoms with van der Waals surface area (Å²) in [5, 5.41) is 6.57. The molecule has 0 bridgehead atoms. The lowest BCUT2D eigenvalue weighted by Crippen LogP contribution is -2.46. The van der Waals surface area contributed by atoms with E-state index in [2.05, 4.69) is 52.7 Å². The molecule has 3 amide bonds. The highest BCUT2D eigenvalue weighted by Crippen LogP contribution is 2.38. The first-order valence-corrected chi connectivity index (χ1v) is 14.2. The van der Waals surface area contributed by atoms with Gasteiger partial charge in [0.15, 0.2) is 0 Å². The Bertz CT molecular complexity index is 1410. The van der Waals surface area contributed by atoms with Crippen molar-refractivity contribution in [2.75, 3.05) is 32.0 Å². The van der Waals surface area contributed by atoms with Crippen LogP contribution in [0.4, 0.5) is 5.69 Å². The summed E-state index contributed by atoms with van der Waals surface area (Å²) in [6.07, 6.45) is 5.52. The van der Waals surface area contributed by atoms with Gasteiger partial charge in [0, 0.05) is 12.5 Å². The molecule has 0 aliphatic carbocycles. The summed E-state index contributed by atoms with van der Waals surface area (Å²) >= 11 is 1.77. The lowest BCUT2D eigenvalue weighted by atomic mass is 9.89. The molecular formula is C28H32N6O3S. The van der Waals surface area contributed by atoms with E-state index in [4.69, 9.17) is 4.98 Å². The van der Waals surface area contributed by atoms with Gasteiger partial charge in [-0.05, 0) is 75.5 Å². The molecule has 0 saturated carbocycles. The van der Waals surface area contributed by atoms with Crippen LogP contribution in [0.3, 0.4) is 0 Å². The molecule has 0 spiro atoms. The number of aromatic nitrogens is 2. The monoisotopic (exact) mass is 532 g/mol. The lowest BCUT2D eigenvalue weighted by molar-refractivity contribution is -0.146. The van der Waals surface area contributed by atoms with Crippen LogP contribution in [0, 0.1) is 5.92 Å². The van der Waals surface area contributed by atoms with Crippen molar-refractivity contribution in [1.82, 2.24) is 25.1 Å². The Morgan fingerprint density at radius 3 is 2.76 bits per heavy atom. The molecule has 2 atom stereocenters. The zero-order valence-electron chi connectivity index (χ0n) is 21.7. The van der Waals surface area contributed by atoms with Gasteiger partial charge in [0.2, 0.25) is 0 Å². The third-order valence-electron chi connectivity index (χ3n) is 8.04. The van der Waals surface area contributed by atoms with E-state index in [1.165, 1.54) is 11.2 Å². The van der Waals surface area contributed by atoms with Crippen LogP contribution in [-0.4, -0.2) is 64.2 Å². The molecule has 0 radical (unpaired) electrons. The Hall–Kier alpha value is -3.37. The summed E-state index contributed by atoms with van der Waals surface area (Å²) in [4.78, 5) is 51.8. The Labute approximate surface area is 225 Å². The van der Waals surface area contributed by atoms with Crippen LogP contribution >= 0.6 is 11.3 Å². The number of carbonyl (C=O) groups excluding carboxylic acids is 3. The van der Waals surface area contributed by atoms with Crippen molar-refractivity contribution < 1.29 is 14.4 Å². The number of likely N-dealkylation sites (tertiary alicyclic amines) is 2. The molecule has 1 aromatic carbocycles. The molecule has 2 N–H and O–H groups in total. The summed E-state index contributed by atoms with van der Waals surface area (Å²) in [6.45, 7) is 5.18. The van der Waals surface area contributed by atoms with Crippen molar-refractivity contribution in [2.24, 2.45) is 5.92 Å². The third-order valence-corrected chi connectivity index (χ3v) is 9.24. The molecule has 38 heavy (non-hydrogen) atoms. The van der Waals surface area contributed by atoms with Crippen LogP contribution in [0.25, 0.3) is 10.2 Å². The molecule has 2 aromatic heterocycles. The molecule has 10 heteroatoms. The number of fused-ring (bicyclic) bond motifs is 2. The first-order valence-electron chi connectivity index (χ1n) is 13.3. The predicted octanol–water partition coefficient (Wildman–Crippen LogP) is 3.68. The number of hydrogen-bond acceptors (Lipinski definition) is 7. The third kappa shape index (κ3) is 4.78. The summed E-state index contributed by atoms with van der Waals surface area (Å²) < 4.78 is 1.16. The second kappa shape index (κ2) is 10.1. The minimum Gasteiger partial charge on any atom is -0.346 e. The van der Waals surface area contributed by atoms with Crippen molar-refractivity contribution in [3.63, 3.8) is 0 Å². The fourth-order valence-corrected chi connectivity index (χ4v) is 6.91. The average Bonchev–Trinajstić information content (AvgIpc) is 3.51. The predicted molar refractivity (Wildman–Crippen MR) is 146 cm³/mol. The number of carbonyl (C=O) groups is 3. The molecule has 0 unspecified atom stereocenters. The smallest absolute Gasteiger partial charge is 0.313 e. The summed E-state index contributed by atoms with van der Waals surface area (Å²) in [6, 6.07) is 7.69. The highest BCUT2D eigenvalue weighted by molar-refractivity contribution is 7.18. The van der Waals surface area contributed by atoms with Gasteiger partial charge in [0.05, 0.1) is 51.0 Å². The Morgan fingerprint density at radius 2 is 1.95 bits per heavy atom. The van der Waals surface area contributed by atoms with Crippen molar-refractivity contribution in [1.29, 1.82) is 0 Å². The molecule has 3 aromatic rings. The number of anilines is 1. The van der Waals surface area contributed by atoms with Crippen molar-refractivity contribution in [3.8, 4) is 0 Å². The number of pyridine rings is 1. The molecule has 9 nitrogen and oxygen atoms in total. The number of benzene rings is 1. The lowest BCUT2D eigenvalue weighted by Gasteiger charge is -2.38. The van der Waals surface area contributed by atoms with Gasteiger partial charge < -0.3 is 20.4 Å². The van der Waals surface area contributed by atoms with Gasteiger partial charge in [0.25, 0.3) is 5.91 Å². The number of hydrogen-bond donors (Lipinski definition) is 2. The van der Waals surface area contributed by atoms with Crippen LogP contribution in [0.5, 0.6) is 0 Å². The van der Waals surface area contributed by atoms with E-state index >= 15 is 0 Å². The molecule has 6 rings (SSSR count). The molecule has 5 heterocycles. The molecule has 3 aliphatic heterocycles. The second-order valence-corrected chi connectivity index (χ2v) is 11.9. The van der Waals surface area contributed by atoms with Crippen LogP contribution in [-0.2, 0) is 16.1 Å². The summed E-state index contributed by atoms with van der Waals surface area (Å²) in [5.41, 5.74) is 3.39. The fourth-order valence-electron chi connectivity index (χ4n) is 5.80. The highest BCUT2D eigenvalue weighted by atomic mass is 32.1. The SMILES string of the molecule is C[C@H]1CC[C@H](c2ccc3sc(C4CCN(C)CC4)nc3c2)N(C(=O)C(=O)Nc2cnc3c(c2)C(=O)NC3)C1. The van der Waals surface area contributed by atoms with E-state index < -0.39 is 11.8 Å². The number of amides is 3. The minimum absolute atomic E-state index is 0.189. The van der Waals surface area contributed by atoms with Gasteiger partial charge in [-0.25, -0.2) is 4.98 Å². The number of nitrogens with zero attached hydrogens (tertiary/aromatic N) is 4. The van der Waals surface area contributed by atoms with E-state index in [9.17, 15) is 14.4 Å². The Morgan fingerprint density at radius 1 is 1.13 bits per heavy atom. The maximum atomic E-state index is 13.4. The zero-order chi connectivity index (χ0) is 26.4. The van der Waals surface area contributed by atoms with Gasteiger partial charge in [-0.2, -0.15) is 0 Å². The normalized spacial score (nSPS) is 22.4. The maximum absolute atomic E-state index is 13.4. The quantitative estimate of drug-likeness (QED) is 0.499. The van der Waals surface area contributed by atoms with E-state index in [1.54, 1.807) is 22.3 Å². The maximum Gasteiger partial charge on any atom is 0.313 e. The van der Waals surface area contributed by atoms with Gasteiger partial charge in [-0.1, -0.05) is 13.0 Å². The molecule has 198 valence electrons. The Balaban J connectivity index is 1.21. The summed E-state index contributed by atoms with van der Waals surface area (Å²) in [5.74, 6) is -0.715. The van der Waals surface area contributed by atoms with Gasteiger partial charge in [-0.3, -0.25) is 19.4 Å². The van der Waals surface area contributed by atoms with Gasteiger partial charge in [0.1, 0.15) is 0 Å². The van der Waals surface area contributed by atoms with Crippen molar-refractivity contribution in [3.05, 3.63) is 52.3 Å². The van der Waals surface area contributed by atoms with Crippen LogP contribution in [0.2, 0.25) is 0 Å². The molecule has 2 saturated heterocycles. The van der Waals surface area contributed by atoms with E-state index in [1.807, 2.05) is 0 Å². The second-order valence-electron chi connectivity index (χ2n) is 10.9. The minimum atomic E-state index is -0.719. The number of rotatable bonds is 3. The van der Waals surface area contributed by atoms with Gasteiger partial charge >= 0.3 is 11.8 Å². The van der Waals surface area contributed by atoms with Crippen molar-refractivity contribution >= 4 is 45.0 Å². The van der Waals surface area contributed by atoms with Crippen LogP contribution in [0.15, 0.2) is 30.5 Å². The van der Waals surface area contributed by atoms with Gasteiger partial charge in [-0.15, -0.1) is 11.3 Å². The standard InChI is InChI=1S/C28H32N6O3S/c1-16-3-5-23(18-4-6-24-21(11-18)32-27(38-24)17-7-9-33(2)10-8-17)34(15-16)28(37)26(36)31-19-12-20-22(29-13-19)14-30-25(20)35/h4,6,11-13,16-17,23H,3,5,7-10,14-15H2,1-2H3,(H,30,35)(H,31,36)/t16-,23+/m0/s1. The first-order chi connectivity index (χ1) is 18.4. The Kier molecular flexibility index (Phi) is 6.61. The molecule has 3 aliphatic rings. The topological polar surface area (TPSA) is 108 Å². The van der Waals surface area contributed by atoms with E-state index in [-0.39, 0.29) is 11.9 Å². The highest BCUT2D eigenvalue weighted by Gasteiger charge is 2.35. The zero-order valence-corrected chi connectivity index (χ0v) is 22.5. The first kappa shape index (κ1) is 24.9. The number of thiazole rings is 1. The number of piperidine rings is 2. The fraction of sp³-hybridized carbons (Fsp3) is 0.464.